The average Bonchev–Trinajstić information content (AvgIpc) is 2.43. The molecule has 0 fully saturated rings. The summed E-state index contributed by atoms with van der Waals surface area (Å²) >= 11 is 5.74. The van der Waals surface area contributed by atoms with E-state index < -0.39 is 12.6 Å². The molecule has 0 saturated carbocycles. The van der Waals surface area contributed by atoms with Crippen molar-refractivity contribution in [3.63, 3.8) is 0 Å². The van der Waals surface area contributed by atoms with Gasteiger partial charge in [0, 0.05) is 16.4 Å². The van der Waals surface area contributed by atoms with Crippen LogP contribution in [0.3, 0.4) is 0 Å². The lowest BCUT2D eigenvalue weighted by Gasteiger charge is -2.09. The molecule has 110 valence electrons. The highest BCUT2D eigenvalue weighted by molar-refractivity contribution is 6.30. The number of amides is 2. The molecule has 0 bridgehead atoms. The number of hydrogen-bond acceptors (Lipinski definition) is 2. The van der Waals surface area contributed by atoms with Gasteiger partial charge in [0.2, 0.25) is 0 Å². The number of ether oxygens (including phenoxy) is 1. The summed E-state index contributed by atoms with van der Waals surface area (Å²) in [7, 11) is 0. The smallest absolute Gasteiger partial charge is 0.387 e. The Balaban J connectivity index is 1.91. The Morgan fingerprint density at radius 2 is 1.43 bits per heavy atom. The van der Waals surface area contributed by atoms with Crippen molar-refractivity contribution < 1.29 is 18.3 Å². The predicted octanol–water partition coefficient (Wildman–Crippen LogP) is 4.59. The van der Waals surface area contributed by atoms with Gasteiger partial charge in [0.25, 0.3) is 0 Å². The molecule has 21 heavy (non-hydrogen) atoms. The van der Waals surface area contributed by atoms with Gasteiger partial charge >= 0.3 is 12.6 Å². The fraction of sp³-hybridized carbons (Fsp3) is 0.0714. The number of alkyl halides is 2. The first-order valence-electron chi connectivity index (χ1n) is 5.91. The van der Waals surface area contributed by atoms with Crippen LogP contribution >= 0.6 is 11.6 Å². The van der Waals surface area contributed by atoms with Crippen molar-refractivity contribution in [2.24, 2.45) is 0 Å². The van der Waals surface area contributed by atoms with Crippen LogP contribution in [-0.4, -0.2) is 12.6 Å². The first-order chi connectivity index (χ1) is 10.0. The molecule has 2 amide bonds. The van der Waals surface area contributed by atoms with Gasteiger partial charge in [-0.15, -0.1) is 0 Å². The van der Waals surface area contributed by atoms with Gasteiger partial charge in [0.1, 0.15) is 5.75 Å². The van der Waals surface area contributed by atoms with Gasteiger partial charge in [-0.1, -0.05) is 11.6 Å². The van der Waals surface area contributed by atoms with E-state index in [2.05, 4.69) is 15.4 Å². The summed E-state index contributed by atoms with van der Waals surface area (Å²) in [5.74, 6) is 0.0219. The summed E-state index contributed by atoms with van der Waals surface area (Å²) in [6.07, 6.45) is 0. The summed E-state index contributed by atoms with van der Waals surface area (Å²) in [6.45, 7) is -2.88. The van der Waals surface area contributed by atoms with Gasteiger partial charge in [-0.25, -0.2) is 4.79 Å². The van der Waals surface area contributed by atoms with Gasteiger partial charge in [0.15, 0.2) is 0 Å². The molecule has 0 saturated heterocycles. The lowest BCUT2D eigenvalue weighted by atomic mass is 10.3. The number of benzene rings is 2. The lowest BCUT2D eigenvalue weighted by molar-refractivity contribution is -0.0498. The van der Waals surface area contributed by atoms with E-state index in [9.17, 15) is 13.6 Å². The van der Waals surface area contributed by atoms with E-state index in [0.717, 1.165) is 0 Å². The van der Waals surface area contributed by atoms with Crippen LogP contribution in [-0.2, 0) is 0 Å². The molecule has 0 heterocycles. The molecule has 0 radical (unpaired) electrons. The molecule has 0 unspecified atom stereocenters. The van der Waals surface area contributed by atoms with E-state index in [1.165, 1.54) is 24.3 Å². The maximum atomic E-state index is 12.0. The third-order valence-corrected chi connectivity index (χ3v) is 2.69. The highest BCUT2D eigenvalue weighted by Gasteiger charge is 2.05. The molecule has 0 spiro atoms. The Kier molecular flexibility index (Phi) is 4.94. The van der Waals surface area contributed by atoms with Gasteiger partial charge in [-0.2, -0.15) is 8.78 Å². The predicted molar refractivity (Wildman–Crippen MR) is 77.2 cm³/mol. The Morgan fingerprint density at radius 1 is 0.952 bits per heavy atom. The second-order valence-corrected chi connectivity index (χ2v) is 4.43. The topological polar surface area (TPSA) is 50.4 Å². The summed E-state index contributed by atoms with van der Waals surface area (Å²) in [5, 5.41) is 5.73. The summed E-state index contributed by atoms with van der Waals surface area (Å²) < 4.78 is 28.2. The van der Waals surface area contributed by atoms with E-state index >= 15 is 0 Å². The van der Waals surface area contributed by atoms with Crippen molar-refractivity contribution in [3.8, 4) is 5.75 Å². The molecule has 0 aliphatic heterocycles. The number of nitrogens with one attached hydrogen (secondary N) is 2. The summed E-state index contributed by atoms with van der Waals surface area (Å²) in [5.41, 5.74) is 1.03. The fourth-order valence-electron chi connectivity index (χ4n) is 1.55. The average molecular weight is 313 g/mol. The normalized spacial score (nSPS) is 10.3. The Hall–Kier alpha value is -2.34. The van der Waals surface area contributed by atoms with Crippen LogP contribution in [0.15, 0.2) is 48.5 Å². The maximum absolute atomic E-state index is 12.0. The van der Waals surface area contributed by atoms with Crippen molar-refractivity contribution >= 4 is 29.0 Å². The highest BCUT2D eigenvalue weighted by Crippen LogP contribution is 2.18. The molecular formula is C14H11ClF2N2O2. The number of rotatable bonds is 4. The van der Waals surface area contributed by atoms with Crippen LogP contribution in [0.1, 0.15) is 0 Å². The monoisotopic (exact) mass is 312 g/mol. The van der Waals surface area contributed by atoms with E-state index in [4.69, 9.17) is 11.6 Å². The zero-order chi connectivity index (χ0) is 15.2. The SMILES string of the molecule is O=C(Nc1ccc(Cl)cc1)Nc1ccc(OC(F)F)cc1. The number of urea groups is 1. The van der Waals surface area contributed by atoms with Crippen LogP contribution < -0.4 is 15.4 Å². The van der Waals surface area contributed by atoms with Gasteiger partial charge in [-0.05, 0) is 48.5 Å². The molecule has 2 aromatic carbocycles. The quantitative estimate of drug-likeness (QED) is 0.867. The summed E-state index contributed by atoms with van der Waals surface area (Å²) in [6, 6.07) is 11.7. The maximum Gasteiger partial charge on any atom is 0.387 e. The molecule has 2 aromatic rings. The van der Waals surface area contributed by atoms with Crippen LogP contribution in [0, 0.1) is 0 Å². The van der Waals surface area contributed by atoms with Crippen molar-refractivity contribution in [2.45, 2.75) is 6.61 Å². The minimum atomic E-state index is -2.88. The Bertz CT molecular complexity index is 603. The van der Waals surface area contributed by atoms with Crippen LogP contribution in [0.2, 0.25) is 5.02 Å². The number of anilines is 2. The molecule has 4 nitrogen and oxygen atoms in total. The number of carbonyl (C=O) groups is 1. The molecule has 0 atom stereocenters. The lowest BCUT2D eigenvalue weighted by Crippen LogP contribution is -2.19. The molecule has 2 rings (SSSR count). The van der Waals surface area contributed by atoms with E-state index in [0.29, 0.717) is 16.4 Å². The van der Waals surface area contributed by atoms with Gasteiger partial charge < -0.3 is 15.4 Å². The number of halogens is 3. The van der Waals surface area contributed by atoms with Gasteiger partial charge in [-0.3, -0.25) is 0 Å². The van der Waals surface area contributed by atoms with Gasteiger partial charge in [0.05, 0.1) is 0 Å². The molecule has 7 heteroatoms. The molecule has 2 N–H and O–H groups in total. The zero-order valence-electron chi connectivity index (χ0n) is 10.6. The second-order valence-electron chi connectivity index (χ2n) is 3.99. The van der Waals surface area contributed by atoms with Crippen molar-refractivity contribution in [2.75, 3.05) is 10.6 Å². The Labute approximate surface area is 124 Å². The number of hydrogen-bond donors (Lipinski definition) is 2. The standard InChI is InChI=1S/C14H11ClF2N2O2/c15-9-1-3-10(4-2-9)18-14(20)19-11-5-7-12(8-6-11)21-13(16)17/h1-8,13H,(H2,18,19,20). The molecule has 0 aliphatic rings. The zero-order valence-corrected chi connectivity index (χ0v) is 11.4. The largest absolute Gasteiger partial charge is 0.435 e. The summed E-state index contributed by atoms with van der Waals surface area (Å²) in [4.78, 5) is 11.7. The van der Waals surface area contributed by atoms with E-state index in [-0.39, 0.29) is 5.75 Å². The van der Waals surface area contributed by atoms with E-state index in [1.54, 1.807) is 24.3 Å². The van der Waals surface area contributed by atoms with Crippen LogP contribution in [0.4, 0.5) is 25.0 Å². The van der Waals surface area contributed by atoms with Crippen LogP contribution in [0.5, 0.6) is 5.75 Å². The van der Waals surface area contributed by atoms with E-state index in [1.807, 2.05) is 0 Å². The third kappa shape index (κ3) is 4.92. The minimum absolute atomic E-state index is 0.0219. The minimum Gasteiger partial charge on any atom is -0.435 e. The van der Waals surface area contributed by atoms with Crippen molar-refractivity contribution in [1.82, 2.24) is 0 Å². The first kappa shape index (κ1) is 15.1. The number of carbonyl (C=O) groups excluding carboxylic acids is 1. The second kappa shape index (κ2) is 6.90. The van der Waals surface area contributed by atoms with Crippen molar-refractivity contribution in [3.05, 3.63) is 53.6 Å². The first-order valence-corrected chi connectivity index (χ1v) is 6.29. The Morgan fingerprint density at radius 3 is 1.90 bits per heavy atom. The van der Waals surface area contributed by atoms with Crippen molar-refractivity contribution in [1.29, 1.82) is 0 Å². The highest BCUT2D eigenvalue weighted by atomic mass is 35.5. The molecular weight excluding hydrogens is 302 g/mol. The molecule has 0 aliphatic carbocycles. The molecule has 0 aromatic heterocycles. The fourth-order valence-corrected chi connectivity index (χ4v) is 1.67. The van der Waals surface area contributed by atoms with Crippen LogP contribution in [0.25, 0.3) is 0 Å². The third-order valence-electron chi connectivity index (χ3n) is 2.44.